The molecule has 1 aliphatic rings. The van der Waals surface area contributed by atoms with Gasteiger partial charge in [-0.1, -0.05) is 54.6 Å². The van der Waals surface area contributed by atoms with Crippen LogP contribution in [-0.4, -0.2) is 26.4 Å². The number of rotatable bonds is 4. The van der Waals surface area contributed by atoms with Crippen molar-refractivity contribution in [2.45, 2.75) is 25.7 Å². The molecule has 4 aromatic rings. The quantitative estimate of drug-likeness (QED) is 0.398. The third-order valence-corrected chi connectivity index (χ3v) is 5.78. The van der Waals surface area contributed by atoms with Crippen molar-refractivity contribution in [3.63, 3.8) is 0 Å². The Labute approximate surface area is 189 Å². The van der Waals surface area contributed by atoms with Crippen LogP contribution in [0.1, 0.15) is 22.4 Å². The maximum Gasteiger partial charge on any atom is 0.417 e. The van der Waals surface area contributed by atoms with Crippen molar-refractivity contribution in [3.8, 4) is 22.6 Å². The van der Waals surface area contributed by atoms with Gasteiger partial charge in [0.1, 0.15) is 0 Å². The van der Waals surface area contributed by atoms with E-state index in [0.717, 1.165) is 53.8 Å². The van der Waals surface area contributed by atoms with E-state index in [1.807, 2.05) is 42.6 Å². The highest BCUT2D eigenvalue weighted by Gasteiger charge is 2.33. The Morgan fingerprint density at radius 1 is 0.848 bits per heavy atom. The molecule has 0 saturated carbocycles. The first-order valence-electron chi connectivity index (χ1n) is 10.7. The maximum atomic E-state index is 13.3. The summed E-state index contributed by atoms with van der Waals surface area (Å²) in [5, 5.41) is 0. The van der Waals surface area contributed by atoms with Crippen molar-refractivity contribution in [2.75, 3.05) is 6.54 Å². The number of benzene rings is 2. The minimum Gasteiger partial charge on any atom is -0.294 e. The van der Waals surface area contributed by atoms with E-state index in [9.17, 15) is 13.2 Å². The molecule has 0 spiro atoms. The fraction of sp³-hybridized carbons (Fsp3) is 0.192. The van der Waals surface area contributed by atoms with Gasteiger partial charge in [-0.2, -0.15) is 13.2 Å². The molecule has 2 aromatic carbocycles. The van der Waals surface area contributed by atoms with Crippen LogP contribution in [0.4, 0.5) is 13.2 Å². The SMILES string of the molecule is FC(F)(F)c1ccccc1-c1ccc(CN2CCc3nc(-c4ccccc4)ncc3C2)cn1. The van der Waals surface area contributed by atoms with E-state index >= 15 is 0 Å². The van der Waals surface area contributed by atoms with E-state index < -0.39 is 11.7 Å². The van der Waals surface area contributed by atoms with E-state index in [-0.39, 0.29) is 5.56 Å². The van der Waals surface area contributed by atoms with Gasteiger partial charge in [0.05, 0.1) is 17.0 Å². The van der Waals surface area contributed by atoms with Crippen LogP contribution in [0.15, 0.2) is 79.1 Å². The Kier molecular flexibility index (Phi) is 5.64. The molecule has 0 unspecified atom stereocenters. The minimum absolute atomic E-state index is 0.0924. The molecule has 4 nitrogen and oxygen atoms in total. The molecule has 0 aliphatic carbocycles. The number of hydrogen-bond donors (Lipinski definition) is 0. The molecule has 0 fully saturated rings. The molecule has 33 heavy (non-hydrogen) atoms. The highest BCUT2D eigenvalue weighted by molar-refractivity contribution is 5.64. The standard InChI is InChI=1S/C26H21F3N4/c27-26(28,29)22-9-5-4-8-21(22)24-11-10-18(14-30-24)16-33-13-12-23-20(17-33)15-31-25(32-23)19-6-2-1-3-7-19/h1-11,14-15H,12-13,16-17H2. The van der Waals surface area contributed by atoms with Gasteiger partial charge < -0.3 is 0 Å². The van der Waals surface area contributed by atoms with Crippen LogP contribution in [0.5, 0.6) is 0 Å². The smallest absolute Gasteiger partial charge is 0.294 e. The fourth-order valence-electron chi connectivity index (χ4n) is 4.13. The summed E-state index contributed by atoms with van der Waals surface area (Å²) in [7, 11) is 0. The number of hydrogen-bond acceptors (Lipinski definition) is 4. The third-order valence-electron chi connectivity index (χ3n) is 5.78. The van der Waals surface area contributed by atoms with Crippen LogP contribution in [0, 0.1) is 0 Å². The van der Waals surface area contributed by atoms with E-state index in [0.29, 0.717) is 12.2 Å². The topological polar surface area (TPSA) is 41.9 Å². The van der Waals surface area contributed by atoms with Crippen molar-refractivity contribution < 1.29 is 13.2 Å². The van der Waals surface area contributed by atoms with Crippen LogP contribution >= 0.6 is 0 Å². The lowest BCUT2D eigenvalue weighted by Crippen LogP contribution is -2.31. The zero-order chi connectivity index (χ0) is 22.8. The molecule has 166 valence electrons. The highest BCUT2D eigenvalue weighted by Crippen LogP contribution is 2.36. The molecule has 2 aromatic heterocycles. The van der Waals surface area contributed by atoms with Crippen LogP contribution in [0.2, 0.25) is 0 Å². The highest BCUT2D eigenvalue weighted by atomic mass is 19.4. The lowest BCUT2D eigenvalue weighted by atomic mass is 10.0. The van der Waals surface area contributed by atoms with Gasteiger partial charge >= 0.3 is 6.18 Å². The van der Waals surface area contributed by atoms with Crippen molar-refractivity contribution in [1.82, 2.24) is 19.9 Å². The van der Waals surface area contributed by atoms with Crippen molar-refractivity contribution >= 4 is 0 Å². The van der Waals surface area contributed by atoms with Crippen LogP contribution in [0.3, 0.4) is 0 Å². The van der Waals surface area contributed by atoms with Gasteiger partial charge in [0.15, 0.2) is 5.82 Å². The van der Waals surface area contributed by atoms with Gasteiger partial charge in [-0.15, -0.1) is 0 Å². The number of pyridine rings is 1. The second-order valence-corrected chi connectivity index (χ2v) is 8.09. The van der Waals surface area contributed by atoms with Crippen molar-refractivity contribution in [1.29, 1.82) is 0 Å². The predicted molar refractivity (Wildman–Crippen MR) is 120 cm³/mol. The van der Waals surface area contributed by atoms with Crippen LogP contribution < -0.4 is 0 Å². The lowest BCUT2D eigenvalue weighted by molar-refractivity contribution is -0.137. The first-order chi connectivity index (χ1) is 16.0. The molecule has 0 radical (unpaired) electrons. The molecule has 0 atom stereocenters. The van der Waals surface area contributed by atoms with Gasteiger partial charge in [-0.3, -0.25) is 9.88 Å². The zero-order valence-corrected chi connectivity index (χ0v) is 17.8. The molecule has 3 heterocycles. The van der Waals surface area contributed by atoms with E-state index in [1.165, 1.54) is 12.1 Å². The second kappa shape index (κ2) is 8.75. The average molecular weight is 446 g/mol. The number of alkyl halides is 3. The van der Waals surface area contributed by atoms with Crippen molar-refractivity contribution in [3.05, 3.63) is 102 Å². The lowest BCUT2D eigenvalue weighted by Gasteiger charge is -2.28. The zero-order valence-electron chi connectivity index (χ0n) is 17.8. The summed E-state index contributed by atoms with van der Waals surface area (Å²) >= 11 is 0. The van der Waals surface area contributed by atoms with Gasteiger partial charge in [-0.05, 0) is 17.7 Å². The van der Waals surface area contributed by atoms with Gasteiger partial charge in [-0.25, -0.2) is 9.97 Å². The van der Waals surface area contributed by atoms with E-state index in [4.69, 9.17) is 4.98 Å². The summed E-state index contributed by atoms with van der Waals surface area (Å²) in [5.41, 5.74) is 3.86. The third kappa shape index (κ3) is 4.64. The average Bonchev–Trinajstić information content (AvgIpc) is 2.84. The monoisotopic (exact) mass is 446 g/mol. The number of fused-ring (bicyclic) bond motifs is 1. The summed E-state index contributed by atoms with van der Waals surface area (Å²) < 4.78 is 40.0. The first kappa shape index (κ1) is 21.3. The van der Waals surface area contributed by atoms with Crippen LogP contribution in [0.25, 0.3) is 22.6 Å². The minimum atomic E-state index is -4.42. The van der Waals surface area contributed by atoms with Crippen LogP contribution in [-0.2, 0) is 25.7 Å². The van der Waals surface area contributed by atoms with Gasteiger partial charge in [0.2, 0.25) is 0 Å². The Balaban J connectivity index is 1.29. The van der Waals surface area contributed by atoms with Gasteiger partial charge in [0.25, 0.3) is 0 Å². The number of aromatic nitrogens is 3. The summed E-state index contributed by atoms with van der Waals surface area (Å²) in [6.07, 6.45) is -0.0397. The molecule has 0 N–H and O–H groups in total. The number of nitrogens with zero attached hydrogens (tertiary/aromatic N) is 4. The summed E-state index contributed by atoms with van der Waals surface area (Å²) in [6, 6.07) is 18.9. The Morgan fingerprint density at radius 3 is 2.39 bits per heavy atom. The van der Waals surface area contributed by atoms with Gasteiger partial charge in [0, 0.05) is 55.1 Å². The molecular weight excluding hydrogens is 425 g/mol. The number of halogens is 3. The molecule has 1 aliphatic heterocycles. The summed E-state index contributed by atoms with van der Waals surface area (Å²) in [5.74, 6) is 0.738. The second-order valence-electron chi connectivity index (χ2n) is 8.09. The Morgan fingerprint density at radius 2 is 1.64 bits per heavy atom. The molecular formula is C26H21F3N4. The molecule has 0 amide bonds. The largest absolute Gasteiger partial charge is 0.417 e. The summed E-state index contributed by atoms with van der Waals surface area (Å²) in [6.45, 7) is 2.23. The van der Waals surface area contributed by atoms with E-state index in [1.54, 1.807) is 18.3 Å². The molecule has 5 rings (SSSR count). The Hall–Kier alpha value is -3.58. The van der Waals surface area contributed by atoms with Crippen molar-refractivity contribution in [2.24, 2.45) is 0 Å². The summed E-state index contributed by atoms with van der Waals surface area (Å²) in [4.78, 5) is 15.9. The fourth-order valence-corrected chi connectivity index (χ4v) is 4.13. The Bertz CT molecular complexity index is 1250. The molecule has 7 heteroatoms. The molecule has 0 saturated heterocycles. The normalized spacial score (nSPS) is 14.2. The molecule has 0 bridgehead atoms. The van der Waals surface area contributed by atoms with E-state index in [2.05, 4.69) is 14.9 Å². The predicted octanol–water partition coefficient (Wildman–Crippen LogP) is 5.78. The first-order valence-corrected chi connectivity index (χ1v) is 10.7. The maximum absolute atomic E-state index is 13.3.